The third-order valence-electron chi connectivity index (χ3n) is 4.38. The summed E-state index contributed by atoms with van der Waals surface area (Å²) >= 11 is 5.34. The van der Waals surface area contributed by atoms with Crippen molar-refractivity contribution in [2.45, 2.75) is 26.8 Å². The van der Waals surface area contributed by atoms with Gasteiger partial charge in [-0.3, -0.25) is 14.5 Å². The molecule has 2 heterocycles. The number of amides is 1. The van der Waals surface area contributed by atoms with Crippen LogP contribution in [-0.4, -0.2) is 25.7 Å². The maximum Gasteiger partial charge on any atom is 0.226 e. The molecule has 0 spiro atoms. The van der Waals surface area contributed by atoms with Crippen LogP contribution < -0.4 is 5.32 Å². The number of rotatable bonds is 5. The summed E-state index contributed by atoms with van der Waals surface area (Å²) in [5, 5.41) is 10.0. The lowest BCUT2D eigenvalue weighted by Crippen LogP contribution is -2.15. The second kappa shape index (κ2) is 7.40. The minimum atomic E-state index is -0.113. The maximum atomic E-state index is 12.4. The van der Waals surface area contributed by atoms with Gasteiger partial charge in [0.25, 0.3) is 0 Å². The van der Waals surface area contributed by atoms with E-state index in [1.807, 2.05) is 35.8 Å². The van der Waals surface area contributed by atoms with Gasteiger partial charge in [-0.15, -0.1) is 0 Å². The third kappa shape index (κ3) is 3.72. The minimum Gasteiger partial charge on any atom is -0.441 e. The van der Waals surface area contributed by atoms with E-state index >= 15 is 0 Å². The number of fused-ring (bicyclic) bond motifs is 1. The van der Waals surface area contributed by atoms with Gasteiger partial charge in [-0.25, -0.2) is 4.98 Å². The van der Waals surface area contributed by atoms with E-state index in [0.29, 0.717) is 34.0 Å². The molecule has 0 atom stereocenters. The smallest absolute Gasteiger partial charge is 0.226 e. The highest BCUT2D eigenvalue weighted by Gasteiger charge is 2.12. The van der Waals surface area contributed by atoms with E-state index in [2.05, 4.69) is 20.5 Å². The number of nitrogens with one attached hydrogen (secondary N) is 2. The van der Waals surface area contributed by atoms with E-state index in [-0.39, 0.29) is 12.3 Å². The van der Waals surface area contributed by atoms with Crippen molar-refractivity contribution in [3.05, 3.63) is 58.7 Å². The molecule has 1 amide bonds. The Morgan fingerprint density at radius 3 is 2.93 bits per heavy atom. The number of aromatic amines is 1. The number of nitrogens with zero attached hydrogens (tertiary/aromatic N) is 3. The van der Waals surface area contributed by atoms with Crippen molar-refractivity contribution in [1.29, 1.82) is 0 Å². The second-order valence-corrected chi connectivity index (χ2v) is 6.97. The van der Waals surface area contributed by atoms with Crippen molar-refractivity contribution >= 4 is 34.9 Å². The number of carbonyl (C=O) groups excluding carboxylic acids is 1. The van der Waals surface area contributed by atoms with E-state index in [1.165, 1.54) is 0 Å². The van der Waals surface area contributed by atoms with Gasteiger partial charge in [-0.05, 0) is 43.4 Å². The standard InChI is InChI=1S/C20H19N5O2S/c1-12-4-3-5-14(10-12)19-23-24-20(28)25(19)9-8-18(26)22-15-6-7-17-16(11-15)21-13(2)27-17/h3-7,10-11H,8-9H2,1-2H3,(H,22,26)(H,24,28). The van der Waals surface area contributed by atoms with E-state index in [1.54, 1.807) is 25.1 Å². The summed E-state index contributed by atoms with van der Waals surface area (Å²) < 4.78 is 7.78. The van der Waals surface area contributed by atoms with Gasteiger partial charge in [0, 0.05) is 31.1 Å². The average Bonchev–Trinajstić information content (AvgIpc) is 3.21. The van der Waals surface area contributed by atoms with Gasteiger partial charge in [0.15, 0.2) is 22.1 Å². The van der Waals surface area contributed by atoms with Gasteiger partial charge in [0.2, 0.25) is 5.91 Å². The zero-order chi connectivity index (χ0) is 19.7. The first-order chi connectivity index (χ1) is 13.5. The maximum absolute atomic E-state index is 12.4. The van der Waals surface area contributed by atoms with Gasteiger partial charge < -0.3 is 9.73 Å². The van der Waals surface area contributed by atoms with Gasteiger partial charge in [0.1, 0.15) is 5.52 Å². The number of oxazole rings is 1. The van der Waals surface area contributed by atoms with Crippen molar-refractivity contribution < 1.29 is 9.21 Å². The molecule has 0 saturated heterocycles. The largest absolute Gasteiger partial charge is 0.441 e. The Balaban J connectivity index is 1.47. The molecular weight excluding hydrogens is 374 g/mol. The number of aromatic nitrogens is 4. The number of hydrogen-bond acceptors (Lipinski definition) is 5. The Morgan fingerprint density at radius 1 is 1.25 bits per heavy atom. The Bertz CT molecular complexity index is 1220. The molecule has 0 fully saturated rings. The molecule has 2 aromatic heterocycles. The first-order valence-electron chi connectivity index (χ1n) is 8.89. The average molecular weight is 393 g/mol. The van der Waals surface area contributed by atoms with Crippen LogP contribution in [0.3, 0.4) is 0 Å². The number of anilines is 1. The fraction of sp³-hybridized carbons (Fsp3) is 0.200. The van der Waals surface area contributed by atoms with Gasteiger partial charge in [-0.2, -0.15) is 5.10 Å². The molecule has 7 nitrogen and oxygen atoms in total. The summed E-state index contributed by atoms with van der Waals surface area (Å²) in [4.78, 5) is 16.7. The van der Waals surface area contributed by atoms with Crippen molar-refractivity contribution in [1.82, 2.24) is 19.7 Å². The predicted molar refractivity (Wildman–Crippen MR) is 110 cm³/mol. The molecule has 0 aliphatic rings. The van der Waals surface area contributed by atoms with Crippen molar-refractivity contribution in [3.8, 4) is 11.4 Å². The molecule has 0 radical (unpaired) electrons. The van der Waals surface area contributed by atoms with Crippen LogP contribution >= 0.6 is 12.2 Å². The van der Waals surface area contributed by atoms with Crippen LogP contribution in [-0.2, 0) is 11.3 Å². The van der Waals surface area contributed by atoms with Gasteiger partial charge >= 0.3 is 0 Å². The third-order valence-corrected chi connectivity index (χ3v) is 4.69. The summed E-state index contributed by atoms with van der Waals surface area (Å²) in [7, 11) is 0. The molecular formula is C20H19N5O2S. The Labute approximate surface area is 166 Å². The molecule has 0 bridgehead atoms. The van der Waals surface area contributed by atoms with E-state index in [4.69, 9.17) is 16.6 Å². The Hall–Kier alpha value is -3.26. The zero-order valence-corrected chi connectivity index (χ0v) is 16.3. The highest BCUT2D eigenvalue weighted by Crippen LogP contribution is 2.21. The summed E-state index contributed by atoms with van der Waals surface area (Å²) in [6, 6.07) is 13.4. The van der Waals surface area contributed by atoms with Crippen LogP contribution in [0.1, 0.15) is 17.9 Å². The lowest BCUT2D eigenvalue weighted by atomic mass is 10.1. The van der Waals surface area contributed by atoms with Crippen molar-refractivity contribution in [3.63, 3.8) is 0 Å². The Morgan fingerprint density at radius 2 is 2.11 bits per heavy atom. The second-order valence-electron chi connectivity index (χ2n) is 6.59. The molecule has 2 aromatic carbocycles. The first kappa shape index (κ1) is 18.1. The quantitative estimate of drug-likeness (QED) is 0.491. The first-order valence-corrected chi connectivity index (χ1v) is 9.30. The van der Waals surface area contributed by atoms with Gasteiger partial charge in [-0.1, -0.05) is 23.8 Å². The summed E-state index contributed by atoms with van der Waals surface area (Å²) in [5.74, 6) is 1.20. The monoisotopic (exact) mass is 393 g/mol. The number of H-pyrrole nitrogens is 1. The molecule has 142 valence electrons. The van der Waals surface area contributed by atoms with Crippen LogP contribution in [0.15, 0.2) is 46.9 Å². The molecule has 0 aliphatic heterocycles. The van der Waals surface area contributed by atoms with Crippen LogP contribution in [0.2, 0.25) is 0 Å². The molecule has 4 aromatic rings. The van der Waals surface area contributed by atoms with E-state index < -0.39 is 0 Å². The highest BCUT2D eigenvalue weighted by molar-refractivity contribution is 7.71. The summed E-state index contributed by atoms with van der Waals surface area (Å²) in [5.41, 5.74) is 4.19. The van der Waals surface area contributed by atoms with Crippen molar-refractivity contribution in [2.24, 2.45) is 0 Å². The molecule has 8 heteroatoms. The molecule has 28 heavy (non-hydrogen) atoms. The predicted octanol–water partition coefficient (Wildman–Crippen LogP) is 4.39. The van der Waals surface area contributed by atoms with Gasteiger partial charge in [0.05, 0.1) is 0 Å². The van der Waals surface area contributed by atoms with Crippen LogP contribution in [0.25, 0.3) is 22.5 Å². The van der Waals surface area contributed by atoms with Crippen LogP contribution in [0, 0.1) is 18.6 Å². The lowest BCUT2D eigenvalue weighted by molar-refractivity contribution is -0.116. The number of hydrogen-bond donors (Lipinski definition) is 2. The molecule has 4 rings (SSSR count). The fourth-order valence-electron chi connectivity index (χ4n) is 3.09. The minimum absolute atomic E-state index is 0.113. The normalized spacial score (nSPS) is 11.1. The number of aryl methyl sites for hydroxylation is 2. The molecule has 2 N–H and O–H groups in total. The van der Waals surface area contributed by atoms with Crippen molar-refractivity contribution in [2.75, 3.05) is 5.32 Å². The SMILES string of the molecule is Cc1cccc(-c2n[nH]c(=S)n2CCC(=O)Nc2ccc3oc(C)nc3c2)c1. The lowest BCUT2D eigenvalue weighted by Gasteiger charge is -2.08. The number of benzene rings is 2. The highest BCUT2D eigenvalue weighted by atomic mass is 32.1. The van der Waals surface area contributed by atoms with E-state index in [0.717, 1.165) is 17.0 Å². The van der Waals surface area contributed by atoms with Crippen LogP contribution in [0.5, 0.6) is 0 Å². The van der Waals surface area contributed by atoms with Crippen LogP contribution in [0.4, 0.5) is 5.69 Å². The fourth-order valence-corrected chi connectivity index (χ4v) is 3.31. The molecule has 0 unspecified atom stereocenters. The molecule has 0 saturated carbocycles. The number of carbonyl (C=O) groups is 1. The summed E-state index contributed by atoms with van der Waals surface area (Å²) in [6.07, 6.45) is 0.266. The zero-order valence-electron chi connectivity index (χ0n) is 15.5. The topological polar surface area (TPSA) is 88.7 Å². The van der Waals surface area contributed by atoms with E-state index in [9.17, 15) is 4.79 Å². The summed E-state index contributed by atoms with van der Waals surface area (Å²) in [6.45, 7) is 4.24. The Kier molecular flexibility index (Phi) is 4.79. The molecule has 0 aliphatic carbocycles.